The minimum atomic E-state index is -0.134. The number of ether oxygens (including phenoxy) is 3. The Balaban J connectivity index is 1.29. The van der Waals surface area contributed by atoms with Gasteiger partial charge in [-0.05, 0) is 73.5 Å². The average molecular weight is 468 g/mol. The van der Waals surface area contributed by atoms with Crippen LogP contribution in [-0.2, 0) is 11.2 Å². The maximum Gasteiger partial charge on any atom is 0.230 e. The largest absolute Gasteiger partial charge is 0.493 e. The van der Waals surface area contributed by atoms with Gasteiger partial charge in [-0.1, -0.05) is 17.4 Å². The van der Waals surface area contributed by atoms with E-state index in [0.717, 1.165) is 28.3 Å². The number of carbonyl (C=O) groups excluding carboxylic acids is 1. The van der Waals surface area contributed by atoms with Gasteiger partial charge >= 0.3 is 0 Å². The number of amides is 1. The molecular weight excluding hydrogens is 438 g/mol. The summed E-state index contributed by atoms with van der Waals surface area (Å²) < 4.78 is 16.4. The van der Waals surface area contributed by atoms with Crippen molar-refractivity contribution in [1.29, 1.82) is 0 Å². The van der Waals surface area contributed by atoms with Gasteiger partial charge in [0.15, 0.2) is 16.6 Å². The summed E-state index contributed by atoms with van der Waals surface area (Å²) in [6, 6.07) is 13.5. The molecule has 0 radical (unpaired) electrons. The van der Waals surface area contributed by atoms with E-state index in [0.29, 0.717) is 23.2 Å². The first kappa shape index (κ1) is 23.1. The summed E-state index contributed by atoms with van der Waals surface area (Å²) in [5, 5.41) is 3.45. The SMILES string of the molecule is COc1ccc(CC(=O)Nc2ncc(-c3ccc(OCCN4CCCC4)cc3)s2)cc1OC. The quantitative estimate of drug-likeness (QED) is 0.474. The molecule has 1 aliphatic heterocycles. The fourth-order valence-corrected chi connectivity index (χ4v) is 4.66. The van der Waals surface area contributed by atoms with Crippen LogP contribution >= 0.6 is 11.3 Å². The molecule has 1 aliphatic rings. The highest BCUT2D eigenvalue weighted by Crippen LogP contribution is 2.31. The van der Waals surface area contributed by atoms with Crippen LogP contribution in [-0.4, -0.2) is 56.3 Å². The second-order valence-electron chi connectivity index (χ2n) is 7.87. The number of hydrogen-bond donors (Lipinski definition) is 1. The van der Waals surface area contributed by atoms with Crippen molar-refractivity contribution in [3.63, 3.8) is 0 Å². The normalized spacial score (nSPS) is 13.6. The lowest BCUT2D eigenvalue weighted by Gasteiger charge is -2.14. The van der Waals surface area contributed by atoms with E-state index in [-0.39, 0.29) is 12.3 Å². The van der Waals surface area contributed by atoms with Crippen molar-refractivity contribution < 1.29 is 19.0 Å². The molecular formula is C25H29N3O4S. The highest BCUT2D eigenvalue weighted by atomic mass is 32.1. The molecule has 1 saturated heterocycles. The predicted octanol–water partition coefficient (Wildman–Crippen LogP) is 4.48. The maximum atomic E-state index is 12.5. The van der Waals surface area contributed by atoms with Gasteiger partial charge in [0.1, 0.15) is 12.4 Å². The average Bonchev–Trinajstić information content (AvgIpc) is 3.52. The van der Waals surface area contributed by atoms with Crippen LogP contribution in [0.2, 0.25) is 0 Å². The van der Waals surface area contributed by atoms with Crippen molar-refractivity contribution in [2.75, 3.05) is 45.8 Å². The molecule has 33 heavy (non-hydrogen) atoms. The highest BCUT2D eigenvalue weighted by Gasteiger charge is 2.12. The molecule has 7 nitrogen and oxygen atoms in total. The van der Waals surface area contributed by atoms with E-state index in [2.05, 4.69) is 15.2 Å². The van der Waals surface area contributed by atoms with Crippen LogP contribution in [0.15, 0.2) is 48.7 Å². The molecule has 0 aliphatic carbocycles. The standard InChI is InChI=1S/C25H29N3O4S/c1-30-21-10-5-18(15-22(21)31-2)16-24(29)27-25-26-17-23(33-25)19-6-8-20(9-7-19)32-14-13-28-11-3-4-12-28/h5-10,15,17H,3-4,11-14,16H2,1-2H3,(H,26,27,29). The molecule has 2 aromatic carbocycles. The summed E-state index contributed by atoms with van der Waals surface area (Å²) in [6.07, 6.45) is 4.59. The first-order valence-corrected chi connectivity index (χ1v) is 11.9. The summed E-state index contributed by atoms with van der Waals surface area (Å²) in [5.41, 5.74) is 1.88. The molecule has 1 aromatic heterocycles. The number of thiazole rings is 1. The first-order chi connectivity index (χ1) is 16.1. The molecule has 0 atom stereocenters. The molecule has 1 N–H and O–H groups in total. The van der Waals surface area contributed by atoms with Crippen molar-refractivity contribution in [3.05, 3.63) is 54.2 Å². The molecule has 3 aromatic rings. The van der Waals surface area contributed by atoms with Crippen molar-refractivity contribution in [2.45, 2.75) is 19.3 Å². The third kappa shape index (κ3) is 6.24. The van der Waals surface area contributed by atoms with E-state index in [1.165, 1.54) is 37.3 Å². The number of rotatable bonds is 10. The number of methoxy groups -OCH3 is 2. The highest BCUT2D eigenvalue weighted by molar-refractivity contribution is 7.19. The second-order valence-corrected chi connectivity index (χ2v) is 8.90. The predicted molar refractivity (Wildman–Crippen MR) is 131 cm³/mol. The van der Waals surface area contributed by atoms with Gasteiger partial charge in [0, 0.05) is 12.7 Å². The molecule has 1 amide bonds. The summed E-state index contributed by atoms with van der Waals surface area (Å²) in [4.78, 5) is 20.3. The Bertz CT molecular complexity index is 1060. The Morgan fingerprint density at radius 3 is 2.55 bits per heavy atom. The van der Waals surface area contributed by atoms with Gasteiger partial charge in [-0.25, -0.2) is 4.98 Å². The number of likely N-dealkylation sites (tertiary alicyclic amines) is 1. The smallest absolute Gasteiger partial charge is 0.230 e. The lowest BCUT2D eigenvalue weighted by atomic mass is 10.1. The second kappa shape index (κ2) is 11.2. The number of nitrogens with zero attached hydrogens (tertiary/aromatic N) is 2. The fraction of sp³-hybridized carbons (Fsp3) is 0.360. The van der Waals surface area contributed by atoms with Gasteiger partial charge in [0.25, 0.3) is 0 Å². The number of nitrogens with one attached hydrogen (secondary N) is 1. The summed E-state index contributed by atoms with van der Waals surface area (Å²) in [6.45, 7) is 4.04. The Labute approximate surface area is 198 Å². The molecule has 2 heterocycles. The van der Waals surface area contributed by atoms with Crippen LogP contribution in [0.5, 0.6) is 17.2 Å². The minimum Gasteiger partial charge on any atom is -0.493 e. The lowest BCUT2D eigenvalue weighted by Crippen LogP contribution is -2.25. The molecule has 4 rings (SSSR count). The van der Waals surface area contributed by atoms with Crippen LogP contribution in [0, 0.1) is 0 Å². The number of carbonyl (C=O) groups is 1. The van der Waals surface area contributed by atoms with E-state index in [1.807, 2.05) is 30.3 Å². The van der Waals surface area contributed by atoms with Gasteiger partial charge in [0.05, 0.1) is 25.5 Å². The zero-order valence-corrected chi connectivity index (χ0v) is 19.8. The monoisotopic (exact) mass is 467 g/mol. The Morgan fingerprint density at radius 1 is 1.06 bits per heavy atom. The number of benzene rings is 2. The molecule has 8 heteroatoms. The first-order valence-electron chi connectivity index (χ1n) is 11.1. The van der Waals surface area contributed by atoms with Crippen molar-refractivity contribution in [2.24, 2.45) is 0 Å². The van der Waals surface area contributed by atoms with Crippen LogP contribution in [0.25, 0.3) is 10.4 Å². The number of anilines is 1. The van der Waals surface area contributed by atoms with Crippen LogP contribution in [0.1, 0.15) is 18.4 Å². The van der Waals surface area contributed by atoms with Gasteiger partial charge < -0.3 is 19.5 Å². The summed E-state index contributed by atoms with van der Waals surface area (Å²) in [7, 11) is 3.16. The van der Waals surface area contributed by atoms with E-state index >= 15 is 0 Å². The van der Waals surface area contributed by atoms with Gasteiger partial charge in [0.2, 0.25) is 5.91 Å². The molecule has 0 bridgehead atoms. The van der Waals surface area contributed by atoms with E-state index in [9.17, 15) is 4.79 Å². The topological polar surface area (TPSA) is 72.9 Å². The van der Waals surface area contributed by atoms with Gasteiger partial charge in [-0.3, -0.25) is 9.69 Å². The van der Waals surface area contributed by atoms with Crippen molar-refractivity contribution >= 4 is 22.4 Å². The zero-order valence-electron chi connectivity index (χ0n) is 19.0. The number of hydrogen-bond acceptors (Lipinski definition) is 7. The third-order valence-corrected chi connectivity index (χ3v) is 6.54. The molecule has 0 spiro atoms. The third-order valence-electron chi connectivity index (χ3n) is 5.58. The van der Waals surface area contributed by atoms with Crippen LogP contribution in [0.4, 0.5) is 5.13 Å². The molecule has 1 fully saturated rings. The van der Waals surface area contributed by atoms with Crippen LogP contribution in [0.3, 0.4) is 0 Å². The van der Waals surface area contributed by atoms with Crippen LogP contribution < -0.4 is 19.5 Å². The Hall–Kier alpha value is -3.10. The van der Waals surface area contributed by atoms with E-state index in [1.54, 1.807) is 32.5 Å². The van der Waals surface area contributed by atoms with E-state index < -0.39 is 0 Å². The molecule has 0 unspecified atom stereocenters. The lowest BCUT2D eigenvalue weighted by molar-refractivity contribution is -0.115. The fourth-order valence-electron chi connectivity index (χ4n) is 3.82. The minimum absolute atomic E-state index is 0.134. The molecule has 174 valence electrons. The van der Waals surface area contributed by atoms with Crippen molar-refractivity contribution in [3.8, 4) is 27.7 Å². The summed E-state index contributed by atoms with van der Waals surface area (Å²) >= 11 is 1.44. The van der Waals surface area contributed by atoms with Crippen molar-refractivity contribution in [1.82, 2.24) is 9.88 Å². The Morgan fingerprint density at radius 2 is 1.82 bits per heavy atom. The number of aromatic nitrogens is 1. The van der Waals surface area contributed by atoms with E-state index in [4.69, 9.17) is 14.2 Å². The summed E-state index contributed by atoms with van der Waals surface area (Å²) in [5.74, 6) is 1.97. The Kier molecular flexibility index (Phi) is 7.80. The molecule has 0 saturated carbocycles. The maximum absolute atomic E-state index is 12.5. The van der Waals surface area contributed by atoms with Gasteiger partial charge in [-0.15, -0.1) is 0 Å². The van der Waals surface area contributed by atoms with Gasteiger partial charge in [-0.2, -0.15) is 0 Å². The zero-order chi connectivity index (χ0) is 23.0.